The summed E-state index contributed by atoms with van der Waals surface area (Å²) in [5.41, 5.74) is 9.17. The Morgan fingerprint density at radius 2 is 2.15 bits per heavy atom. The molecule has 110 valence electrons. The third kappa shape index (κ3) is 3.78. The molecule has 0 spiro atoms. The number of nitrogens with two attached hydrogens (primary N) is 1. The van der Waals surface area contributed by atoms with E-state index >= 15 is 0 Å². The summed E-state index contributed by atoms with van der Waals surface area (Å²) in [6.45, 7) is 3.73. The molecule has 20 heavy (non-hydrogen) atoms. The van der Waals surface area contributed by atoms with Crippen LogP contribution < -0.4 is 11.2 Å². The normalized spacial score (nSPS) is 10.6. The van der Waals surface area contributed by atoms with Crippen molar-refractivity contribution in [2.45, 2.75) is 13.8 Å². The molecule has 2 amide bonds. The first-order valence-corrected chi connectivity index (χ1v) is 6.17. The molecule has 3 N–H and O–H groups in total. The van der Waals surface area contributed by atoms with Crippen molar-refractivity contribution in [2.24, 2.45) is 5.73 Å². The van der Waals surface area contributed by atoms with Gasteiger partial charge in [-0.2, -0.15) is 0 Å². The minimum absolute atomic E-state index is 0.287. The summed E-state index contributed by atoms with van der Waals surface area (Å²) in [5.74, 6) is -0.436. The largest absolute Gasteiger partial charge is 0.462 e. The Morgan fingerprint density at radius 3 is 2.65 bits per heavy atom. The van der Waals surface area contributed by atoms with Crippen LogP contribution in [0.2, 0.25) is 0 Å². The Kier molecular flexibility index (Phi) is 5.19. The quantitative estimate of drug-likeness (QED) is 0.791. The number of nitrogens with one attached hydrogen (secondary N) is 1. The third-order valence-electron chi connectivity index (χ3n) is 2.54. The van der Waals surface area contributed by atoms with Crippen molar-refractivity contribution in [3.8, 4) is 0 Å². The van der Waals surface area contributed by atoms with Gasteiger partial charge in [-0.25, -0.2) is 15.0 Å². The van der Waals surface area contributed by atoms with E-state index in [0.29, 0.717) is 17.0 Å². The Balaban J connectivity index is 3.23. The summed E-state index contributed by atoms with van der Waals surface area (Å²) in [4.78, 5) is 24.7. The Labute approximate surface area is 118 Å². The van der Waals surface area contributed by atoms with Gasteiger partial charge in [0, 0.05) is 20.3 Å². The first-order chi connectivity index (χ1) is 9.36. The smallest absolute Gasteiger partial charge is 0.340 e. The molecule has 0 saturated heterocycles. The molecule has 0 fully saturated rings. The zero-order valence-corrected chi connectivity index (χ0v) is 12.1. The van der Waals surface area contributed by atoms with Gasteiger partial charge >= 0.3 is 12.0 Å². The lowest BCUT2D eigenvalue weighted by atomic mass is 10.2. The number of carbonyl (C=O) groups is 2. The second-order valence-electron chi connectivity index (χ2n) is 4.38. The first-order valence-electron chi connectivity index (χ1n) is 6.17. The highest BCUT2D eigenvalue weighted by Gasteiger charge is 2.18. The summed E-state index contributed by atoms with van der Waals surface area (Å²) < 4.78 is 6.43. The number of aromatic nitrogens is 1. The van der Waals surface area contributed by atoms with E-state index in [9.17, 15) is 9.59 Å². The standard InChI is InChI=1S/C13H20N4O3/c1-5-20-12(18)11-8-10(6-7-16(3)4)17(9(11)2)15-13(14)19/h6-8H,5H2,1-4H3,(H3,14,15,19)/b7-6-. The number of hydrogen-bond donors (Lipinski definition) is 2. The number of urea groups is 1. The maximum Gasteiger partial charge on any atom is 0.340 e. The monoisotopic (exact) mass is 280 g/mol. The number of amides is 2. The van der Waals surface area contributed by atoms with Gasteiger partial charge in [0.25, 0.3) is 0 Å². The van der Waals surface area contributed by atoms with E-state index in [2.05, 4.69) is 5.43 Å². The number of hydrogen-bond acceptors (Lipinski definition) is 4. The predicted octanol–water partition coefficient (Wildman–Crippen LogP) is 1.13. The van der Waals surface area contributed by atoms with Crippen LogP contribution in [0.4, 0.5) is 4.79 Å². The van der Waals surface area contributed by atoms with Crippen LogP contribution in [0.25, 0.3) is 6.08 Å². The predicted molar refractivity (Wildman–Crippen MR) is 76.8 cm³/mol. The fourth-order valence-corrected chi connectivity index (χ4v) is 1.65. The highest BCUT2D eigenvalue weighted by Crippen LogP contribution is 2.17. The van der Waals surface area contributed by atoms with Gasteiger partial charge in [0.15, 0.2) is 0 Å². The summed E-state index contributed by atoms with van der Waals surface area (Å²) in [6.07, 6.45) is 3.55. The van der Waals surface area contributed by atoms with Gasteiger partial charge < -0.3 is 15.4 Å². The van der Waals surface area contributed by atoms with Crippen molar-refractivity contribution in [2.75, 3.05) is 26.1 Å². The molecule has 1 aromatic rings. The highest BCUT2D eigenvalue weighted by atomic mass is 16.5. The van der Waals surface area contributed by atoms with Crippen LogP contribution in [0.15, 0.2) is 12.3 Å². The van der Waals surface area contributed by atoms with Gasteiger partial charge in [0.1, 0.15) is 0 Å². The summed E-state index contributed by atoms with van der Waals surface area (Å²) in [6, 6.07) is 0.933. The topological polar surface area (TPSA) is 89.6 Å². The summed E-state index contributed by atoms with van der Waals surface area (Å²) >= 11 is 0. The lowest BCUT2D eigenvalue weighted by Crippen LogP contribution is -2.29. The van der Waals surface area contributed by atoms with E-state index in [1.54, 1.807) is 32.2 Å². The van der Waals surface area contributed by atoms with E-state index in [1.165, 1.54) is 4.68 Å². The van der Waals surface area contributed by atoms with Crippen LogP contribution in [0.3, 0.4) is 0 Å². The molecule has 0 aromatic carbocycles. The van der Waals surface area contributed by atoms with Crippen LogP contribution in [-0.4, -0.2) is 42.3 Å². The average molecular weight is 280 g/mol. The number of nitrogens with zero attached hydrogens (tertiary/aromatic N) is 2. The van der Waals surface area contributed by atoms with Gasteiger partial charge in [-0.1, -0.05) is 0 Å². The number of ether oxygens (including phenoxy) is 1. The molecule has 0 saturated carbocycles. The number of carbonyl (C=O) groups excluding carboxylic acids is 2. The summed E-state index contributed by atoms with van der Waals surface area (Å²) in [5, 5.41) is 0. The highest BCUT2D eigenvalue weighted by molar-refractivity contribution is 5.92. The molecular weight excluding hydrogens is 260 g/mol. The molecular formula is C13H20N4O3. The SMILES string of the molecule is CCOC(=O)c1cc(/C=C\N(C)C)n(NC(N)=O)c1C. The van der Waals surface area contributed by atoms with Crippen LogP contribution in [0, 0.1) is 6.92 Å². The Hall–Kier alpha value is -2.44. The van der Waals surface area contributed by atoms with Gasteiger partial charge in [0.05, 0.1) is 23.6 Å². The maximum absolute atomic E-state index is 11.8. The van der Waals surface area contributed by atoms with Gasteiger partial charge in [-0.3, -0.25) is 4.68 Å². The Bertz CT molecular complexity index is 532. The second kappa shape index (κ2) is 6.65. The second-order valence-corrected chi connectivity index (χ2v) is 4.38. The lowest BCUT2D eigenvalue weighted by molar-refractivity contribution is 0.0525. The third-order valence-corrected chi connectivity index (χ3v) is 2.54. The summed E-state index contributed by atoms with van der Waals surface area (Å²) in [7, 11) is 3.73. The number of primary amides is 1. The molecule has 0 unspecified atom stereocenters. The van der Waals surface area contributed by atoms with E-state index in [0.717, 1.165) is 0 Å². The van der Waals surface area contributed by atoms with Crippen LogP contribution in [0.1, 0.15) is 28.7 Å². The molecule has 7 nitrogen and oxygen atoms in total. The number of esters is 1. The van der Waals surface area contributed by atoms with Crippen molar-refractivity contribution >= 4 is 18.1 Å². The van der Waals surface area contributed by atoms with Crippen molar-refractivity contribution in [3.05, 3.63) is 29.2 Å². The molecule has 7 heteroatoms. The number of rotatable bonds is 5. The minimum atomic E-state index is -0.710. The minimum Gasteiger partial charge on any atom is -0.462 e. The average Bonchev–Trinajstić information content (AvgIpc) is 2.64. The van der Waals surface area contributed by atoms with E-state index in [-0.39, 0.29) is 6.61 Å². The van der Waals surface area contributed by atoms with Crippen molar-refractivity contribution in [1.29, 1.82) is 0 Å². The first kappa shape index (κ1) is 15.6. The lowest BCUT2D eigenvalue weighted by Gasteiger charge is -2.10. The molecule has 1 rings (SSSR count). The van der Waals surface area contributed by atoms with E-state index < -0.39 is 12.0 Å². The molecule has 0 radical (unpaired) electrons. The Morgan fingerprint density at radius 1 is 1.50 bits per heavy atom. The van der Waals surface area contributed by atoms with Crippen LogP contribution >= 0.6 is 0 Å². The molecule has 1 heterocycles. The maximum atomic E-state index is 11.8. The fourth-order valence-electron chi connectivity index (χ4n) is 1.65. The molecule has 0 atom stereocenters. The molecule has 1 aromatic heterocycles. The van der Waals surface area contributed by atoms with Crippen LogP contribution in [0.5, 0.6) is 0 Å². The van der Waals surface area contributed by atoms with Crippen molar-refractivity contribution in [3.63, 3.8) is 0 Å². The van der Waals surface area contributed by atoms with E-state index in [1.807, 2.05) is 19.0 Å². The van der Waals surface area contributed by atoms with Gasteiger partial charge in [-0.05, 0) is 26.0 Å². The zero-order chi connectivity index (χ0) is 15.3. The van der Waals surface area contributed by atoms with Gasteiger partial charge in [-0.15, -0.1) is 0 Å². The zero-order valence-electron chi connectivity index (χ0n) is 12.1. The fraction of sp³-hybridized carbons (Fsp3) is 0.385. The molecule has 0 aliphatic heterocycles. The van der Waals surface area contributed by atoms with Crippen molar-refractivity contribution < 1.29 is 14.3 Å². The van der Waals surface area contributed by atoms with Gasteiger partial charge in [0.2, 0.25) is 0 Å². The van der Waals surface area contributed by atoms with Crippen molar-refractivity contribution in [1.82, 2.24) is 9.58 Å². The molecule has 0 bridgehead atoms. The molecule has 0 aliphatic rings. The van der Waals surface area contributed by atoms with E-state index in [4.69, 9.17) is 10.5 Å². The van der Waals surface area contributed by atoms with Crippen LogP contribution in [-0.2, 0) is 4.74 Å². The molecule has 0 aliphatic carbocycles.